The zero-order chi connectivity index (χ0) is 16.6. The minimum Gasteiger partial charge on any atom is -0.493 e. The van der Waals surface area contributed by atoms with Gasteiger partial charge in [-0.2, -0.15) is 0 Å². The lowest BCUT2D eigenvalue weighted by molar-refractivity contribution is 0.355. The second kappa shape index (κ2) is 8.44. The van der Waals surface area contributed by atoms with Crippen molar-refractivity contribution in [3.63, 3.8) is 0 Å². The van der Waals surface area contributed by atoms with Crippen LogP contribution in [-0.2, 0) is 10.0 Å². The van der Waals surface area contributed by atoms with Crippen molar-refractivity contribution in [3.8, 4) is 11.5 Å². The van der Waals surface area contributed by atoms with Gasteiger partial charge in [0, 0.05) is 24.8 Å². The molecule has 0 saturated heterocycles. The minimum absolute atomic E-state index is 0.242. The van der Waals surface area contributed by atoms with Crippen LogP contribution in [-0.4, -0.2) is 47.9 Å². The molecule has 0 aliphatic rings. The number of sulfonamides is 1. The molecule has 22 heavy (non-hydrogen) atoms. The Labute approximate surface area is 130 Å². The Morgan fingerprint density at radius 1 is 1.27 bits per heavy atom. The summed E-state index contributed by atoms with van der Waals surface area (Å²) in [5, 5.41) is 2.93. The third kappa shape index (κ3) is 6.64. The molecule has 0 aliphatic carbocycles. The fourth-order valence-electron chi connectivity index (χ4n) is 1.64. The topological polar surface area (TPSA) is 115 Å². The molecule has 9 heteroatoms. The van der Waals surface area contributed by atoms with Gasteiger partial charge in [0.25, 0.3) is 0 Å². The highest BCUT2D eigenvalue weighted by Gasteiger charge is 2.05. The summed E-state index contributed by atoms with van der Waals surface area (Å²) in [5.74, 6) is 1.44. The Kier molecular flexibility index (Phi) is 6.93. The molecule has 0 aromatic heterocycles. The molecule has 0 fully saturated rings. The number of nitrogens with one attached hydrogen (secondary N) is 2. The second-order valence-electron chi connectivity index (χ2n) is 4.48. The molecular formula is C13H22N4O4S. The smallest absolute Gasteiger partial charge is 0.208 e. The van der Waals surface area contributed by atoms with Crippen LogP contribution in [0, 0.1) is 0 Å². The van der Waals surface area contributed by atoms with Gasteiger partial charge in [-0.15, -0.1) is 0 Å². The summed E-state index contributed by atoms with van der Waals surface area (Å²) in [6.07, 6.45) is 1.67. The van der Waals surface area contributed by atoms with Crippen LogP contribution in [0.2, 0.25) is 0 Å². The average Bonchev–Trinajstić information content (AvgIpc) is 2.45. The van der Waals surface area contributed by atoms with Gasteiger partial charge in [0.15, 0.2) is 17.5 Å². The van der Waals surface area contributed by atoms with Crippen LogP contribution in [0.5, 0.6) is 11.5 Å². The number of hydrogen-bond donors (Lipinski definition) is 3. The highest BCUT2D eigenvalue weighted by Crippen LogP contribution is 2.29. The van der Waals surface area contributed by atoms with Crippen LogP contribution in [0.4, 0.5) is 5.69 Å². The van der Waals surface area contributed by atoms with Crippen LogP contribution in [0.3, 0.4) is 0 Å². The van der Waals surface area contributed by atoms with Gasteiger partial charge in [0.2, 0.25) is 10.0 Å². The predicted octanol–water partition coefficient (Wildman–Crippen LogP) is 0.370. The Hall–Kier alpha value is -2.00. The lowest BCUT2D eigenvalue weighted by Crippen LogP contribution is -2.25. The minimum atomic E-state index is -3.16. The Morgan fingerprint density at radius 2 is 1.95 bits per heavy atom. The maximum absolute atomic E-state index is 10.9. The molecule has 0 heterocycles. The van der Waals surface area contributed by atoms with E-state index >= 15 is 0 Å². The third-order valence-corrected chi connectivity index (χ3v) is 3.37. The Morgan fingerprint density at radius 3 is 2.55 bits per heavy atom. The molecule has 8 nitrogen and oxygen atoms in total. The second-order valence-corrected chi connectivity index (χ2v) is 6.31. The van der Waals surface area contributed by atoms with Crippen molar-refractivity contribution < 1.29 is 17.9 Å². The van der Waals surface area contributed by atoms with Crippen LogP contribution in [0.25, 0.3) is 0 Å². The van der Waals surface area contributed by atoms with Gasteiger partial charge in [-0.05, 0) is 18.6 Å². The van der Waals surface area contributed by atoms with Gasteiger partial charge in [-0.25, -0.2) is 13.1 Å². The molecule has 4 N–H and O–H groups in total. The number of methoxy groups -OCH3 is 2. The summed E-state index contributed by atoms with van der Waals surface area (Å²) >= 11 is 0. The van der Waals surface area contributed by atoms with Crippen molar-refractivity contribution in [2.45, 2.75) is 6.42 Å². The van der Waals surface area contributed by atoms with E-state index in [1.807, 2.05) is 0 Å². The predicted molar refractivity (Wildman–Crippen MR) is 87.1 cm³/mol. The number of guanidine groups is 1. The average molecular weight is 330 g/mol. The van der Waals surface area contributed by atoms with Crippen molar-refractivity contribution in [2.75, 3.05) is 38.9 Å². The van der Waals surface area contributed by atoms with E-state index in [1.165, 1.54) is 0 Å². The zero-order valence-electron chi connectivity index (χ0n) is 12.9. The highest BCUT2D eigenvalue weighted by molar-refractivity contribution is 7.88. The van der Waals surface area contributed by atoms with E-state index in [0.29, 0.717) is 36.7 Å². The summed E-state index contributed by atoms with van der Waals surface area (Å²) in [6.45, 7) is 0.737. The molecule has 1 aromatic rings. The van der Waals surface area contributed by atoms with E-state index in [9.17, 15) is 8.42 Å². The third-order valence-electron chi connectivity index (χ3n) is 2.64. The number of hydrogen-bond acceptors (Lipinski definition) is 5. The Bertz CT molecular complexity index is 616. The van der Waals surface area contributed by atoms with Gasteiger partial charge in [0.1, 0.15) is 0 Å². The molecule has 0 amide bonds. The highest BCUT2D eigenvalue weighted by atomic mass is 32.2. The molecule has 1 aromatic carbocycles. The number of rotatable bonds is 8. The lowest BCUT2D eigenvalue weighted by atomic mass is 10.3. The van der Waals surface area contributed by atoms with Gasteiger partial charge in [-0.3, -0.25) is 4.99 Å². The quantitative estimate of drug-likeness (QED) is 0.360. The fourth-order valence-corrected chi connectivity index (χ4v) is 2.15. The molecule has 0 saturated carbocycles. The summed E-state index contributed by atoms with van der Waals surface area (Å²) in [5.41, 5.74) is 6.48. The largest absolute Gasteiger partial charge is 0.493 e. The van der Waals surface area contributed by atoms with E-state index < -0.39 is 10.0 Å². The molecular weight excluding hydrogens is 308 g/mol. The molecule has 0 radical (unpaired) electrons. The summed E-state index contributed by atoms with van der Waals surface area (Å²) in [7, 11) is -0.0485. The number of anilines is 1. The van der Waals surface area contributed by atoms with E-state index in [4.69, 9.17) is 15.2 Å². The normalized spacial score (nSPS) is 12.0. The molecule has 0 atom stereocenters. The fraction of sp³-hybridized carbons (Fsp3) is 0.462. The van der Waals surface area contributed by atoms with E-state index in [-0.39, 0.29) is 5.96 Å². The number of ether oxygens (including phenoxy) is 2. The first-order chi connectivity index (χ1) is 10.4. The van der Waals surface area contributed by atoms with Crippen molar-refractivity contribution >= 4 is 21.7 Å². The standard InChI is InChI=1S/C13H22N4O4S/c1-20-11-6-5-10(9-12(11)21-2)17-13(14)15-7-4-8-16-22(3,18)19/h5-6,9,16H,4,7-8H2,1-3H3,(H3,14,15,17). The number of nitrogens with zero attached hydrogens (tertiary/aromatic N) is 1. The number of benzene rings is 1. The molecule has 0 bridgehead atoms. The maximum Gasteiger partial charge on any atom is 0.208 e. The zero-order valence-corrected chi connectivity index (χ0v) is 13.7. The van der Waals surface area contributed by atoms with Gasteiger partial charge < -0.3 is 20.5 Å². The van der Waals surface area contributed by atoms with Crippen molar-refractivity contribution in [1.82, 2.24) is 4.72 Å². The van der Waals surface area contributed by atoms with Crippen molar-refractivity contribution in [2.24, 2.45) is 10.7 Å². The summed E-state index contributed by atoms with van der Waals surface area (Å²) in [6, 6.07) is 5.28. The van der Waals surface area contributed by atoms with Gasteiger partial charge >= 0.3 is 0 Å². The first-order valence-corrected chi connectivity index (χ1v) is 8.48. The first-order valence-electron chi connectivity index (χ1n) is 6.59. The SMILES string of the molecule is COc1ccc(NC(N)=NCCCNS(C)(=O)=O)cc1OC. The molecule has 0 spiro atoms. The van der Waals surface area contributed by atoms with Gasteiger partial charge in [-0.1, -0.05) is 0 Å². The van der Waals surface area contributed by atoms with Crippen LogP contribution < -0.4 is 25.2 Å². The monoisotopic (exact) mass is 330 g/mol. The summed E-state index contributed by atoms with van der Waals surface area (Å²) < 4.78 is 34.5. The summed E-state index contributed by atoms with van der Waals surface area (Å²) in [4.78, 5) is 4.11. The maximum atomic E-state index is 10.9. The molecule has 0 unspecified atom stereocenters. The van der Waals surface area contributed by atoms with Crippen LogP contribution in [0.15, 0.2) is 23.2 Å². The number of aliphatic imine (C=N–C) groups is 1. The Balaban J connectivity index is 2.50. The van der Waals surface area contributed by atoms with E-state index in [0.717, 1.165) is 6.26 Å². The van der Waals surface area contributed by atoms with E-state index in [1.54, 1.807) is 32.4 Å². The van der Waals surface area contributed by atoms with Crippen molar-refractivity contribution in [1.29, 1.82) is 0 Å². The lowest BCUT2D eigenvalue weighted by Gasteiger charge is -2.10. The molecule has 1 rings (SSSR count). The molecule has 124 valence electrons. The van der Waals surface area contributed by atoms with Gasteiger partial charge in [0.05, 0.1) is 20.5 Å². The van der Waals surface area contributed by atoms with E-state index in [2.05, 4.69) is 15.0 Å². The molecule has 0 aliphatic heterocycles. The first kappa shape index (κ1) is 18.1. The van der Waals surface area contributed by atoms with Crippen molar-refractivity contribution in [3.05, 3.63) is 18.2 Å². The number of nitrogens with two attached hydrogens (primary N) is 1. The van der Waals surface area contributed by atoms with Crippen LogP contribution >= 0.6 is 0 Å². The van der Waals surface area contributed by atoms with Crippen LogP contribution in [0.1, 0.15) is 6.42 Å².